The van der Waals surface area contributed by atoms with Gasteiger partial charge in [0.15, 0.2) is 0 Å². The Morgan fingerprint density at radius 1 is 0.533 bits per heavy atom. The van der Waals surface area contributed by atoms with Gasteiger partial charge in [0.25, 0.3) is 7.82 Å². The van der Waals surface area contributed by atoms with Crippen molar-refractivity contribution in [2.75, 3.05) is 54.1 Å². The van der Waals surface area contributed by atoms with Crippen molar-refractivity contribution in [2.45, 2.75) is 168 Å². The molecule has 0 aliphatic carbocycles. The molecule has 0 amide bonds. The van der Waals surface area contributed by atoms with Gasteiger partial charge in [-0.1, -0.05) is 156 Å². The molecular formula is C51H88NO7P. The minimum absolute atomic E-state index is 0.0136. The number of phosphoric acid groups is 1. The number of ether oxygens (including phenoxy) is 2. The second-order valence-electron chi connectivity index (χ2n) is 16.4. The fourth-order valence-electron chi connectivity index (χ4n) is 5.75. The van der Waals surface area contributed by atoms with Crippen LogP contribution in [0.3, 0.4) is 0 Å². The molecule has 344 valence electrons. The molecule has 0 N–H and O–H groups in total. The summed E-state index contributed by atoms with van der Waals surface area (Å²) >= 11 is 0. The molecule has 0 saturated carbocycles. The molecule has 0 aromatic rings. The molecule has 60 heavy (non-hydrogen) atoms. The van der Waals surface area contributed by atoms with Gasteiger partial charge in [0, 0.05) is 13.0 Å². The van der Waals surface area contributed by atoms with E-state index >= 15 is 0 Å². The van der Waals surface area contributed by atoms with E-state index in [1.165, 1.54) is 32.1 Å². The van der Waals surface area contributed by atoms with E-state index in [0.717, 1.165) is 109 Å². The van der Waals surface area contributed by atoms with Crippen LogP contribution in [0.1, 0.15) is 162 Å². The molecule has 0 aromatic carbocycles. The van der Waals surface area contributed by atoms with Crippen LogP contribution in [0.15, 0.2) is 97.2 Å². The highest BCUT2D eigenvalue weighted by Crippen LogP contribution is 2.38. The molecule has 0 bridgehead atoms. The SMILES string of the molecule is CC/C=C\C/C=C\C/C=C\C/C=C\C/C=C\C/C=C\C/C=C\CCCCCCOCC(COP(=O)([O-])OCC[N+](C)(C)C)OC(=O)CCCCCCC/C=C\CCCCC. The summed E-state index contributed by atoms with van der Waals surface area (Å²) in [6.45, 7) is 5.16. The lowest BCUT2D eigenvalue weighted by atomic mass is 10.1. The normalized spacial score (nSPS) is 14.6. The third kappa shape index (κ3) is 46.5. The maximum absolute atomic E-state index is 12.7. The molecule has 0 saturated heterocycles. The van der Waals surface area contributed by atoms with Crippen LogP contribution in [-0.4, -0.2) is 70.7 Å². The highest BCUT2D eigenvalue weighted by molar-refractivity contribution is 7.45. The number of rotatable bonds is 42. The van der Waals surface area contributed by atoms with Crippen LogP contribution in [0.5, 0.6) is 0 Å². The Hall–Kier alpha value is -2.58. The van der Waals surface area contributed by atoms with Gasteiger partial charge in [0.05, 0.1) is 34.4 Å². The zero-order chi connectivity index (χ0) is 44.1. The van der Waals surface area contributed by atoms with Crippen LogP contribution in [0, 0.1) is 0 Å². The van der Waals surface area contributed by atoms with Gasteiger partial charge in [-0.15, -0.1) is 0 Å². The van der Waals surface area contributed by atoms with E-state index in [0.29, 0.717) is 24.1 Å². The zero-order valence-electron chi connectivity index (χ0n) is 38.9. The summed E-state index contributed by atoms with van der Waals surface area (Å²) in [5, 5.41) is 0. The largest absolute Gasteiger partial charge is 0.756 e. The highest BCUT2D eigenvalue weighted by atomic mass is 31.2. The summed E-state index contributed by atoms with van der Waals surface area (Å²) in [6.07, 6.45) is 58.6. The monoisotopic (exact) mass is 858 g/mol. The number of allylic oxidation sites excluding steroid dienone is 16. The summed E-state index contributed by atoms with van der Waals surface area (Å²) in [7, 11) is 1.32. The first kappa shape index (κ1) is 57.4. The van der Waals surface area contributed by atoms with Gasteiger partial charge in [-0.3, -0.25) is 9.36 Å². The number of nitrogens with zero attached hydrogens (tertiary/aromatic N) is 1. The van der Waals surface area contributed by atoms with Crippen LogP contribution in [0.2, 0.25) is 0 Å². The Morgan fingerprint density at radius 3 is 1.47 bits per heavy atom. The average molecular weight is 858 g/mol. The Balaban J connectivity index is 4.24. The van der Waals surface area contributed by atoms with Gasteiger partial charge in [-0.05, 0) is 96.3 Å². The van der Waals surface area contributed by atoms with E-state index in [9.17, 15) is 14.3 Å². The Bertz CT molecular complexity index is 1270. The quantitative estimate of drug-likeness (QED) is 0.0198. The van der Waals surface area contributed by atoms with Gasteiger partial charge in [-0.2, -0.15) is 0 Å². The van der Waals surface area contributed by atoms with Gasteiger partial charge in [0.1, 0.15) is 19.3 Å². The van der Waals surface area contributed by atoms with Crippen LogP contribution < -0.4 is 4.89 Å². The van der Waals surface area contributed by atoms with Crippen LogP contribution >= 0.6 is 7.82 Å². The molecule has 0 radical (unpaired) electrons. The summed E-state index contributed by atoms with van der Waals surface area (Å²) in [5.74, 6) is -0.359. The molecule has 0 aromatic heterocycles. The second-order valence-corrected chi connectivity index (χ2v) is 17.8. The molecule has 0 rings (SSSR count). The van der Waals surface area contributed by atoms with Crippen molar-refractivity contribution in [1.82, 2.24) is 0 Å². The van der Waals surface area contributed by atoms with Crippen molar-refractivity contribution in [3.8, 4) is 0 Å². The van der Waals surface area contributed by atoms with Gasteiger partial charge in [0.2, 0.25) is 0 Å². The summed E-state index contributed by atoms with van der Waals surface area (Å²) in [4.78, 5) is 25.0. The number of hydrogen-bond donors (Lipinski definition) is 0. The van der Waals surface area contributed by atoms with Crippen molar-refractivity contribution in [3.05, 3.63) is 97.2 Å². The third-order valence-corrected chi connectivity index (χ3v) is 10.3. The van der Waals surface area contributed by atoms with E-state index in [4.69, 9.17) is 18.5 Å². The van der Waals surface area contributed by atoms with E-state index < -0.39 is 13.9 Å². The summed E-state index contributed by atoms with van der Waals surface area (Å²) in [5.41, 5.74) is 0. The first-order valence-corrected chi connectivity index (χ1v) is 24.9. The van der Waals surface area contributed by atoms with E-state index in [-0.39, 0.29) is 25.8 Å². The number of quaternary nitrogens is 1. The molecule has 0 aliphatic rings. The maximum Gasteiger partial charge on any atom is 0.306 e. The fraction of sp³-hybridized carbons (Fsp3) is 0.667. The molecule has 2 unspecified atom stereocenters. The number of carbonyl (C=O) groups excluding carboxylic acids is 1. The van der Waals surface area contributed by atoms with E-state index in [1.807, 2.05) is 21.1 Å². The minimum Gasteiger partial charge on any atom is -0.756 e. The maximum atomic E-state index is 12.7. The van der Waals surface area contributed by atoms with Crippen LogP contribution in [-0.2, 0) is 27.9 Å². The number of phosphoric ester groups is 1. The lowest BCUT2D eigenvalue weighted by Crippen LogP contribution is -2.37. The summed E-state index contributed by atoms with van der Waals surface area (Å²) < 4.78 is 34.6. The van der Waals surface area contributed by atoms with Gasteiger partial charge < -0.3 is 27.9 Å². The zero-order valence-corrected chi connectivity index (χ0v) is 39.8. The average Bonchev–Trinajstić information content (AvgIpc) is 3.20. The Kier molecular flexibility index (Phi) is 41.2. The first-order valence-electron chi connectivity index (χ1n) is 23.5. The topological polar surface area (TPSA) is 94.1 Å². The number of esters is 1. The molecule has 0 fully saturated rings. The lowest BCUT2D eigenvalue weighted by molar-refractivity contribution is -0.870. The molecule has 8 nitrogen and oxygen atoms in total. The Labute approximate surface area is 368 Å². The Morgan fingerprint density at radius 2 is 0.967 bits per heavy atom. The second kappa shape index (κ2) is 43.1. The predicted octanol–water partition coefficient (Wildman–Crippen LogP) is 13.6. The molecule has 0 heterocycles. The number of hydrogen-bond acceptors (Lipinski definition) is 7. The molecule has 0 aliphatic heterocycles. The van der Waals surface area contributed by atoms with E-state index in [2.05, 4.69) is 111 Å². The number of carbonyl (C=O) groups is 1. The lowest BCUT2D eigenvalue weighted by Gasteiger charge is -2.28. The molecule has 2 atom stereocenters. The third-order valence-electron chi connectivity index (χ3n) is 9.37. The van der Waals surface area contributed by atoms with Gasteiger partial charge >= 0.3 is 5.97 Å². The van der Waals surface area contributed by atoms with Crippen molar-refractivity contribution in [2.24, 2.45) is 0 Å². The minimum atomic E-state index is -4.54. The highest BCUT2D eigenvalue weighted by Gasteiger charge is 2.20. The van der Waals surface area contributed by atoms with Crippen molar-refractivity contribution < 1.29 is 37.3 Å². The van der Waals surface area contributed by atoms with Crippen LogP contribution in [0.25, 0.3) is 0 Å². The summed E-state index contributed by atoms with van der Waals surface area (Å²) in [6, 6.07) is 0. The molecule has 9 heteroatoms. The number of likely N-dealkylation sites (N-methyl/N-ethyl adjacent to an activating group) is 1. The molecule has 0 spiro atoms. The smallest absolute Gasteiger partial charge is 0.306 e. The van der Waals surface area contributed by atoms with Crippen molar-refractivity contribution >= 4 is 13.8 Å². The number of unbranched alkanes of at least 4 members (excludes halogenated alkanes) is 12. The van der Waals surface area contributed by atoms with Crippen LogP contribution in [0.4, 0.5) is 0 Å². The molecular weight excluding hydrogens is 770 g/mol. The fourth-order valence-corrected chi connectivity index (χ4v) is 6.48. The standard InChI is InChI=1S/C51H88NO7P/c1-6-8-10-12-14-16-18-20-21-22-23-24-25-26-27-28-29-30-31-32-33-35-37-39-41-43-46-56-48-50(49-58-60(54,55)57-47-45-52(3,4)5)59-51(53)44-42-40-38-36-34-19-17-15-13-11-9-7-2/h8,10,14-17,20-21,23-24,26-27,29-30,32-33,50H,6-7,9,11-13,18-19,22,25,28,31,34-49H2,1-5H3/b10-8-,16-14-,17-15-,21-20-,24-23-,27-26-,30-29-,33-32-. The van der Waals surface area contributed by atoms with Crippen molar-refractivity contribution in [1.29, 1.82) is 0 Å². The van der Waals surface area contributed by atoms with Gasteiger partial charge in [-0.25, -0.2) is 0 Å². The predicted molar refractivity (Wildman–Crippen MR) is 254 cm³/mol. The van der Waals surface area contributed by atoms with Crippen molar-refractivity contribution in [3.63, 3.8) is 0 Å². The first-order chi connectivity index (χ1) is 29.1. The van der Waals surface area contributed by atoms with E-state index in [1.54, 1.807) is 0 Å².